The van der Waals surface area contributed by atoms with Crippen LogP contribution in [-0.4, -0.2) is 47.4 Å². The van der Waals surface area contributed by atoms with E-state index in [9.17, 15) is 19.8 Å². The molecule has 1 amide bonds. The van der Waals surface area contributed by atoms with Crippen LogP contribution in [0.2, 0.25) is 0 Å². The van der Waals surface area contributed by atoms with Crippen molar-refractivity contribution in [2.75, 3.05) is 13.2 Å². The number of amides is 1. The summed E-state index contributed by atoms with van der Waals surface area (Å²) in [5, 5.41) is 23.0. The molecule has 2 unspecified atom stereocenters. The second-order valence-electron chi connectivity index (χ2n) is 15.7. The van der Waals surface area contributed by atoms with Gasteiger partial charge in [-0.25, -0.2) is 0 Å². The predicted octanol–water partition coefficient (Wildman–Crippen LogP) is 13.3. The van der Waals surface area contributed by atoms with Crippen LogP contribution in [0.25, 0.3) is 0 Å². The van der Waals surface area contributed by atoms with E-state index in [0.717, 1.165) is 70.6 Å². The fraction of sp³-hybridized carbons (Fsp3) is 0.833. The number of rotatable bonds is 42. The topological polar surface area (TPSA) is 95.9 Å². The number of aliphatic hydroxyl groups excluding tert-OH is 2. The molecular formula is C48H89NO5. The molecule has 0 saturated carbocycles. The van der Waals surface area contributed by atoms with Crippen molar-refractivity contribution >= 4 is 11.9 Å². The number of hydrogen-bond donors (Lipinski definition) is 3. The quantitative estimate of drug-likeness (QED) is 0.0327. The molecule has 0 aliphatic rings. The molecule has 2 atom stereocenters. The Morgan fingerprint density at radius 3 is 1.48 bits per heavy atom. The Hall–Kier alpha value is -1.92. The van der Waals surface area contributed by atoms with E-state index >= 15 is 0 Å². The third-order valence-corrected chi connectivity index (χ3v) is 10.4. The zero-order chi connectivity index (χ0) is 39.4. The number of carbonyl (C=O) groups is 2. The molecule has 0 aromatic rings. The van der Waals surface area contributed by atoms with Crippen molar-refractivity contribution in [2.45, 2.75) is 244 Å². The molecule has 316 valence electrons. The summed E-state index contributed by atoms with van der Waals surface area (Å²) in [5.41, 5.74) is 0. The van der Waals surface area contributed by atoms with Crippen molar-refractivity contribution in [3.8, 4) is 0 Å². The largest absolute Gasteiger partial charge is 0.466 e. The monoisotopic (exact) mass is 760 g/mol. The van der Waals surface area contributed by atoms with Crippen molar-refractivity contribution < 1.29 is 24.5 Å². The fourth-order valence-corrected chi connectivity index (χ4v) is 6.79. The number of carbonyl (C=O) groups excluding carboxylic acids is 2. The highest BCUT2D eigenvalue weighted by molar-refractivity contribution is 5.76. The van der Waals surface area contributed by atoms with Crippen LogP contribution in [-0.2, 0) is 14.3 Å². The molecule has 0 spiro atoms. The number of ether oxygens (including phenoxy) is 1. The smallest absolute Gasteiger partial charge is 0.305 e. The number of allylic oxidation sites excluding steroid dienone is 5. The highest BCUT2D eigenvalue weighted by Gasteiger charge is 2.18. The van der Waals surface area contributed by atoms with E-state index in [1.54, 1.807) is 6.08 Å². The molecule has 0 fully saturated rings. The van der Waals surface area contributed by atoms with Gasteiger partial charge in [-0.15, -0.1) is 0 Å². The summed E-state index contributed by atoms with van der Waals surface area (Å²) in [4.78, 5) is 24.4. The maximum absolute atomic E-state index is 12.4. The molecule has 0 aliphatic heterocycles. The first-order chi connectivity index (χ1) is 26.5. The van der Waals surface area contributed by atoms with Gasteiger partial charge in [0.2, 0.25) is 5.91 Å². The number of unbranched alkanes of at least 4 members (excludes halogenated alkanes) is 27. The summed E-state index contributed by atoms with van der Waals surface area (Å²) >= 11 is 0. The van der Waals surface area contributed by atoms with Gasteiger partial charge in [0.1, 0.15) is 0 Å². The van der Waals surface area contributed by atoms with Gasteiger partial charge in [-0.2, -0.15) is 0 Å². The Balaban J connectivity index is 3.53. The Morgan fingerprint density at radius 2 is 0.963 bits per heavy atom. The molecule has 0 radical (unpaired) electrons. The molecular weight excluding hydrogens is 671 g/mol. The predicted molar refractivity (Wildman–Crippen MR) is 232 cm³/mol. The van der Waals surface area contributed by atoms with Crippen molar-refractivity contribution in [3.63, 3.8) is 0 Å². The van der Waals surface area contributed by atoms with Crippen molar-refractivity contribution in [1.29, 1.82) is 0 Å². The molecule has 3 N–H and O–H groups in total. The van der Waals surface area contributed by atoms with Crippen LogP contribution in [0.3, 0.4) is 0 Å². The minimum atomic E-state index is -0.856. The average molecular weight is 760 g/mol. The minimum absolute atomic E-state index is 0.0318. The lowest BCUT2D eigenvalue weighted by atomic mass is 10.0. The highest BCUT2D eigenvalue weighted by Crippen LogP contribution is 2.14. The SMILES string of the molecule is CCC/C=C\C/C=C\CCCCCCCC(=O)OCCCCCCCCCCCCCC(=O)NC(CO)C(O)/C=C/CCCCCCCCCCCCC. The summed E-state index contributed by atoms with van der Waals surface area (Å²) in [6.07, 6.45) is 51.2. The van der Waals surface area contributed by atoms with E-state index in [0.29, 0.717) is 19.4 Å². The standard InChI is InChI=1S/C48H89NO5/c1-3-5-7-9-11-13-15-17-20-24-28-32-36-40-46(51)45(44-50)49-47(52)41-37-33-29-25-21-19-23-27-31-35-39-43-54-48(53)42-38-34-30-26-22-18-16-14-12-10-8-6-4-2/h8,10,14,16,36,40,45-46,50-51H,3-7,9,11-13,15,17-35,37-39,41-44H2,1-2H3,(H,49,52)/b10-8-,16-14-,40-36+. The molecule has 0 aliphatic carbocycles. The first-order valence-corrected chi connectivity index (χ1v) is 23.3. The van der Waals surface area contributed by atoms with E-state index in [1.165, 1.54) is 135 Å². The van der Waals surface area contributed by atoms with Gasteiger partial charge < -0.3 is 20.3 Å². The van der Waals surface area contributed by atoms with Gasteiger partial charge in [0, 0.05) is 12.8 Å². The summed E-state index contributed by atoms with van der Waals surface area (Å²) in [7, 11) is 0. The van der Waals surface area contributed by atoms with E-state index in [4.69, 9.17) is 4.74 Å². The van der Waals surface area contributed by atoms with E-state index in [1.807, 2.05) is 6.08 Å². The van der Waals surface area contributed by atoms with Crippen LogP contribution in [0.5, 0.6) is 0 Å². The maximum atomic E-state index is 12.4. The zero-order valence-electron chi connectivity index (χ0n) is 35.7. The maximum Gasteiger partial charge on any atom is 0.305 e. The average Bonchev–Trinajstić information content (AvgIpc) is 3.17. The van der Waals surface area contributed by atoms with Crippen molar-refractivity contribution in [3.05, 3.63) is 36.5 Å². The first-order valence-electron chi connectivity index (χ1n) is 23.3. The van der Waals surface area contributed by atoms with Gasteiger partial charge in [-0.1, -0.05) is 198 Å². The lowest BCUT2D eigenvalue weighted by Crippen LogP contribution is -2.45. The van der Waals surface area contributed by atoms with Crippen LogP contribution in [0, 0.1) is 0 Å². The highest BCUT2D eigenvalue weighted by atomic mass is 16.5. The molecule has 0 aromatic heterocycles. The van der Waals surface area contributed by atoms with Crippen LogP contribution in [0.1, 0.15) is 232 Å². The summed E-state index contributed by atoms with van der Waals surface area (Å²) in [5.74, 6) is -0.121. The molecule has 0 rings (SSSR count). The van der Waals surface area contributed by atoms with Gasteiger partial charge in [0.25, 0.3) is 0 Å². The number of hydrogen-bond acceptors (Lipinski definition) is 5. The third-order valence-electron chi connectivity index (χ3n) is 10.4. The number of esters is 1. The van der Waals surface area contributed by atoms with E-state index in [2.05, 4.69) is 43.5 Å². The Morgan fingerprint density at radius 1 is 0.519 bits per heavy atom. The lowest BCUT2D eigenvalue weighted by molar-refractivity contribution is -0.143. The Bertz CT molecular complexity index is 884. The van der Waals surface area contributed by atoms with Crippen LogP contribution >= 0.6 is 0 Å². The van der Waals surface area contributed by atoms with Crippen molar-refractivity contribution in [1.82, 2.24) is 5.32 Å². The molecule has 0 aromatic carbocycles. The normalized spacial score (nSPS) is 13.0. The molecule has 0 bridgehead atoms. The van der Waals surface area contributed by atoms with Gasteiger partial charge >= 0.3 is 5.97 Å². The van der Waals surface area contributed by atoms with Gasteiger partial charge in [-0.3, -0.25) is 9.59 Å². The Labute approximate surface area is 334 Å². The van der Waals surface area contributed by atoms with Gasteiger partial charge in [-0.05, 0) is 57.8 Å². The summed E-state index contributed by atoms with van der Waals surface area (Å²) in [6, 6.07) is -0.642. The third kappa shape index (κ3) is 39.8. The second kappa shape index (κ2) is 43.8. The second-order valence-corrected chi connectivity index (χ2v) is 15.7. The summed E-state index contributed by atoms with van der Waals surface area (Å²) < 4.78 is 5.43. The lowest BCUT2D eigenvalue weighted by Gasteiger charge is -2.20. The zero-order valence-corrected chi connectivity index (χ0v) is 35.7. The van der Waals surface area contributed by atoms with Crippen LogP contribution < -0.4 is 5.32 Å². The van der Waals surface area contributed by atoms with Crippen LogP contribution in [0.4, 0.5) is 0 Å². The molecule has 6 heteroatoms. The molecule has 6 nitrogen and oxygen atoms in total. The Kier molecular flexibility index (Phi) is 42.2. The molecule has 0 saturated heterocycles. The number of nitrogens with one attached hydrogen (secondary N) is 1. The first kappa shape index (κ1) is 52.1. The molecule has 0 heterocycles. The van der Waals surface area contributed by atoms with Gasteiger partial charge in [0.15, 0.2) is 0 Å². The fourth-order valence-electron chi connectivity index (χ4n) is 6.79. The summed E-state index contributed by atoms with van der Waals surface area (Å²) in [6.45, 7) is 4.77. The van der Waals surface area contributed by atoms with E-state index < -0.39 is 12.1 Å². The number of aliphatic hydroxyl groups is 2. The van der Waals surface area contributed by atoms with Gasteiger partial charge in [0.05, 0.1) is 25.4 Å². The van der Waals surface area contributed by atoms with Crippen molar-refractivity contribution in [2.24, 2.45) is 0 Å². The molecule has 54 heavy (non-hydrogen) atoms. The minimum Gasteiger partial charge on any atom is -0.466 e. The van der Waals surface area contributed by atoms with E-state index in [-0.39, 0.29) is 18.5 Å². The van der Waals surface area contributed by atoms with Crippen LogP contribution in [0.15, 0.2) is 36.5 Å².